The van der Waals surface area contributed by atoms with E-state index in [1.165, 1.54) is 12.5 Å². The number of aliphatic hydroxyl groups is 2. The molecule has 10 nitrogen and oxygen atoms in total. The molecule has 5 rings (SSSR count). The standard InChI is InChI=1S/C45H62N2O8/c1-9-35(52-8)30(4)41-42(55-41)43-44(6,47-39(33-20-14-11-15-21-33)38(46-43)32-18-12-10-13-19-32)25-16-17-28(2)40-29(3)22-23-36(53-31(5)48)45(7,51)26-24-34(49)27-37(50)54-40/h10-23,25,29-30,34-36,38-43,46-47,49,51H,9,24,26-27H2,1-8H3/b23-22+,25-16+,28-17+/t29-,30+,34+,35-,36-,38?,39?,40+,41+,42+,43?,44?,45+/m0/s1. The number of allylic oxidation sites excluding steroid dienone is 2. The van der Waals surface area contributed by atoms with Gasteiger partial charge in [0.05, 0.1) is 48.4 Å². The van der Waals surface area contributed by atoms with Gasteiger partial charge in [-0.1, -0.05) is 106 Å². The van der Waals surface area contributed by atoms with Crippen LogP contribution in [0.15, 0.2) is 96.6 Å². The van der Waals surface area contributed by atoms with Gasteiger partial charge in [0.2, 0.25) is 0 Å². The van der Waals surface area contributed by atoms with Crippen molar-refractivity contribution < 1.29 is 38.7 Å². The molecule has 3 aliphatic heterocycles. The van der Waals surface area contributed by atoms with E-state index in [1.54, 1.807) is 20.1 Å². The molecule has 2 aromatic rings. The van der Waals surface area contributed by atoms with Crippen molar-refractivity contribution in [3.63, 3.8) is 0 Å². The number of benzene rings is 2. The monoisotopic (exact) mass is 758 g/mol. The van der Waals surface area contributed by atoms with E-state index in [0.29, 0.717) is 0 Å². The summed E-state index contributed by atoms with van der Waals surface area (Å²) in [6.07, 6.45) is 7.94. The van der Waals surface area contributed by atoms with Crippen molar-refractivity contribution in [3.8, 4) is 0 Å². The summed E-state index contributed by atoms with van der Waals surface area (Å²) in [5.41, 5.74) is 1.10. The summed E-state index contributed by atoms with van der Waals surface area (Å²) in [5, 5.41) is 30.0. The molecule has 10 heteroatoms. The van der Waals surface area contributed by atoms with Crippen molar-refractivity contribution in [2.75, 3.05) is 7.11 Å². The highest BCUT2D eigenvalue weighted by Gasteiger charge is 2.57. The summed E-state index contributed by atoms with van der Waals surface area (Å²) >= 11 is 0. The fourth-order valence-corrected chi connectivity index (χ4v) is 8.36. The van der Waals surface area contributed by atoms with Crippen LogP contribution < -0.4 is 10.6 Å². The van der Waals surface area contributed by atoms with Crippen LogP contribution >= 0.6 is 0 Å². The average Bonchev–Trinajstić information content (AvgIpc) is 3.95. The lowest BCUT2D eigenvalue weighted by atomic mass is 9.78. The predicted molar refractivity (Wildman–Crippen MR) is 213 cm³/mol. The van der Waals surface area contributed by atoms with Gasteiger partial charge in [-0.2, -0.15) is 0 Å². The molecule has 3 heterocycles. The fraction of sp³-hybridized carbons (Fsp3) is 0.556. The molecular formula is C45H62N2O8. The summed E-state index contributed by atoms with van der Waals surface area (Å²) in [5.74, 6) is -1.20. The molecule has 13 atom stereocenters. The van der Waals surface area contributed by atoms with Crippen LogP contribution in [0.25, 0.3) is 0 Å². The maximum absolute atomic E-state index is 13.1. The number of methoxy groups -OCH3 is 1. The fourth-order valence-electron chi connectivity index (χ4n) is 8.36. The Labute approximate surface area is 327 Å². The zero-order valence-corrected chi connectivity index (χ0v) is 33.7. The minimum absolute atomic E-state index is 0.0223. The van der Waals surface area contributed by atoms with Crippen molar-refractivity contribution in [3.05, 3.63) is 108 Å². The van der Waals surface area contributed by atoms with E-state index in [1.807, 2.05) is 44.2 Å². The average molecular weight is 759 g/mol. The summed E-state index contributed by atoms with van der Waals surface area (Å²) in [7, 11) is 1.76. The highest BCUT2D eigenvalue weighted by molar-refractivity contribution is 5.70. The van der Waals surface area contributed by atoms with Crippen molar-refractivity contribution in [1.82, 2.24) is 10.6 Å². The number of piperazine rings is 1. The minimum Gasteiger partial charge on any atom is -0.457 e. The Kier molecular flexibility index (Phi) is 14.3. The summed E-state index contributed by atoms with van der Waals surface area (Å²) < 4.78 is 23.9. The van der Waals surface area contributed by atoms with Crippen LogP contribution in [0.3, 0.4) is 0 Å². The normalized spacial score (nSPS) is 36.5. The van der Waals surface area contributed by atoms with Gasteiger partial charge >= 0.3 is 11.9 Å². The first-order valence-corrected chi connectivity index (χ1v) is 19.8. The molecular weight excluding hydrogens is 697 g/mol. The highest BCUT2D eigenvalue weighted by Crippen LogP contribution is 2.44. The molecule has 4 N–H and O–H groups in total. The van der Waals surface area contributed by atoms with Gasteiger partial charge in [-0.25, -0.2) is 0 Å². The number of ether oxygens (including phenoxy) is 4. The van der Waals surface area contributed by atoms with Crippen LogP contribution in [0.1, 0.15) is 97.4 Å². The van der Waals surface area contributed by atoms with Gasteiger partial charge in [0.15, 0.2) is 0 Å². The van der Waals surface area contributed by atoms with E-state index in [9.17, 15) is 19.8 Å². The Balaban J connectivity index is 1.49. The number of carbonyl (C=O) groups excluding carboxylic acids is 2. The third-order valence-electron chi connectivity index (χ3n) is 11.7. The molecule has 4 unspecified atom stereocenters. The molecule has 0 bridgehead atoms. The van der Waals surface area contributed by atoms with Crippen LogP contribution in [-0.2, 0) is 28.5 Å². The van der Waals surface area contributed by atoms with E-state index in [4.69, 9.17) is 18.9 Å². The first-order valence-electron chi connectivity index (χ1n) is 19.8. The zero-order valence-electron chi connectivity index (χ0n) is 33.7. The van der Waals surface area contributed by atoms with Gasteiger partial charge in [-0.3, -0.25) is 14.9 Å². The number of esters is 2. The van der Waals surface area contributed by atoms with E-state index in [0.717, 1.165) is 17.6 Å². The smallest absolute Gasteiger partial charge is 0.309 e. The minimum atomic E-state index is -1.44. The number of hydrogen-bond acceptors (Lipinski definition) is 10. The maximum Gasteiger partial charge on any atom is 0.309 e. The number of aliphatic hydroxyl groups excluding tert-OH is 1. The summed E-state index contributed by atoms with van der Waals surface area (Å²) in [6.45, 7) is 13.2. The third-order valence-corrected chi connectivity index (χ3v) is 11.7. The molecule has 0 radical (unpaired) electrons. The van der Waals surface area contributed by atoms with E-state index < -0.39 is 41.4 Å². The number of hydrogen-bond donors (Lipinski definition) is 4. The van der Waals surface area contributed by atoms with Crippen LogP contribution in [0.5, 0.6) is 0 Å². The Morgan fingerprint density at radius 3 is 2.27 bits per heavy atom. The molecule has 0 saturated carbocycles. The topological polar surface area (TPSA) is 139 Å². The van der Waals surface area contributed by atoms with E-state index in [-0.39, 0.29) is 67.5 Å². The number of epoxide rings is 1. The van der Waals surface area contributed by atoms with Gasteiger partial charge in [-0.15, -0.1) is 0 Å². The van der Waals surface area contributed by atoms with Crippen LogP contribution in [-0.4, -0.2) is 83.1 Å². The molecule has 2 fully saturated rings. The second kappa shape index (κ2) is 18.5. The molecule has 0 aromatic heterocycles. The van der Waals surface area contributed by atoms with Crippen LogP contribution in [0.2, 0.25) is 0 Å². The molecule has 55 heavy (non-hydrogen) atoms. The van der Waals surface area contributed by atoms with Gasteiger partial charge < -0.3 is 34.5 Å². The molecule has 0 amide bonds. The second-order valence-electron chi connectivity index (χ2n) is 16.2. The highest BCUT2D eigenvalue weighted by atomic mass is 16.6. The van der Waals surface area contributed by atoms with Crippen molar-refractivity contribution in [2.45, 2.75) is 140 Å². The maximum atomic E-state index is 13.1. The van der Waals surface area contributed by atoms with Gasteiger partial charge in [0.1, 0.15) is 23.9 Å². The Bertz CT molecular complexity index is 1660. The first-order chi connectivity index (χ1) is 26.2. The Hall–Kier alpha value is -3.64. The molecule has 0 aliphatic carbocycles. The van der Waals surface area contributed by atoms with Crippen molar-refractivity contribution in [1.29, 1.82) is 0 Å². The predicted octanol–water partition coefficient (Wildman–Crippen LogP) is 6.45. The molecule has 300 valence electrons. The molecule has 0 spiro atoms. The summed E-state index contributed by atoms with van der Waals surface area (Å²) in [4.78, 5) is 25.1. The Morgan fingerprint density at radius 2 is 1.67 bits per heavy atom. The SMILES string of the molecule is CC[C@H](OC)[C@@H](C)[C@H]1O[C@H]1C1NC(c2ccccc2)C(c2ccccc2)NC1(C)/C=C/C=C(\C)[C@H]1OC(=O)C[C@H](O)CC[C@@](C)(O)[C@@H](OC(C)=O)/C=C/[C@@H]1C. The van der Waals surface area contributed by atoms with Crippen LogP contribution in [0.4, 0.5) is 0 Å². The molecule has 2 aromatic carbocycles. The largest absolute Gasteiger partial charge is 0.457 e. The quantitative estimate of drug-likeness (QED) is 0.0876. The van der Waals surface area contributed by atoms with Gasteiger partial charge in [0, 0.05) is 25.9 Å². The van der Waals surface area contributed by atoms with E-state index >= 15 is 0 Å². The van der Waals surface area contributed by atoms with Gasteiger partial charge in [-0.05, 0) is 62.8 Å². The lowest BCUT2D eigenvalue weighted by molar-refractivity contribution is -0.157. The van der Waals surface area contributed by atoms with Gasteiger partial charge in [0.25, 0.3) is 0 Å². The number of carbonyl (C=O) groups is 2. The second-order valence-corrected chi connectivity index (χ2v) is 16.2. The number of rotatable bonds is 11. The number of cyclic esters (lactones) is 1. The summed E-state index contributed by atoms with van der Waals surface area (Å²) in [6, 6.07) is 20.8. The van der Waals surface area contributed by atoms with Crippen molar-refractivity contribution >= 4 is 11.9 Å². The lowest BCUT2D eigenvalue weighted by Crippen LogP contribution is -2.67. The zero-order chi connectivity index (χ0) is 39.9. The van der Waals surface area contributed by atoms with E-state index in [2.05, 4.69) is 86.0 Å². The molecule has 2 saturated heterocycles. The Morgan fingerprint density at radius 1 is 1.04 bits per heavy atom. The van der Waals surface area contributed by atoms with Crippen molar-refractivity contribution in [2.24, 2.45) is 11.8 Å². The first kappa shape index (κ1) is 42.5. The lowest BCUT2D eigenvalue weighted by Gasteiger charge is -2.49. The molecule has 3 aliphatic rings. The number of nitrogens with one attached hydrogen (secondary N) is 2. The third kappa shape index (κ3) is 10.6. The van der Waals surface area contributed by atoms with Crippen LogP contribution in [0, 0.1) is 11.8 Å².